The highest BCUT2D eigenvalue weighted by Crippen LogP contribution is 2.28. The summed E-state index contributed by atoms with van der Waals surface area (Å²) in [5, 5.41) is 9.40. The van der Waals surface area contributed by atoms with Crippen LogP contribution in [-0.4, -0.2) is 45.7 Å². The molecule has 1 aromatic carbocycles. The highest BCUT2D eigenvalue weighted by molar-refractivity contribution is 5.74. The van der Waals surface area contributed by atoms with E-state index in [0.717, 1.165) is 49.2 Å². The molecular formula is C16H23N3O. The van der Waals surface area contributed by atoms with Crippen LogP contribution in [-0.2, 0) is 0 Å². The monoisotopic (exact) mass is 273 g/mol. The molecular weight excluding hydrogens is 250 g/mol. The molecule has 1 fully saturated rings. The molecule has 0 spiro atoms. The van der Waals surface area contributed by atoms with Crippen molar-refractivity contribution in [1.29, 1.82) is 0 Å². The van der Waals surface area contributed by atoms with Gasteiger partial charge in [0.2, 0.25) is 0 Å². The Bertz CT molecular complexity index is 521. The Hall–Kier alpha value is -1.39. The number of benzene rings is 1. The third-order valence-corrected chi connectivity index (χ3v) is 4.52. The Morgan fingerprint density at radius 3 is 2.75 bits per heavy atom. The number of hydrogen-bond donors (Lipinski definition) is 2. The van der Waals surface area contributed by atoms with Gasteiger partial charge in [0.25, 0.3) is 0 Å². The van der Waals surface area contributed by atoms with Gasteiger partial charge in [-0.25, -0.2) is 4.98 Å². The average molecular weight is 273 g/mol. The van der Waals surface area contributed by atoms with Crippen molar-refractivity contribution in [2.24, 2.45) is 0 Å². The van der Waals surface area contributed by atoms with E-state index < -0.39 is 0 Å². The number of aromatic amines is 1. The Balaban J connectivity index is 1.68. The first-order chi connectivity index (χ1) is 9.81. The van der Waals surface area contributed by atoms with Crippen LogP contribution in [0.15, 0.2) is 24.3 Å². The van der Waals surface area contributed by atoms with Crippen molar-refractivity contribution in [1.82, 2.24) is 14.9 Å². The summed E-state index contributed by atoms with van der Waals surface area (Å²) in [5.74, 6) is 1.65. The molecule has 108 valence electrons. The lowest BCUT2D eigenvalue weighted by molar-refractivity contribution is 0.0945. The third kappa shape index (κ3) is 2.58. The van der Waals surface area contributed by atoms with Gasteiger partial charge in [-0.15, -0.1) is 0 Å². The summed E-state index contributed by atoms with van der Waals surface area (Å²) in [6.07, 6.45) is 3.26. The summed E-state index contributed by atoms with van der Waals surface area (Å²) in [4.78, 5) is 10.6. The molecule has 20 heavy (non-hydrogen) atoms. The molecule has 1 saturated heterocycles. The number of para-hydroxylation sites is 2. The minimum Gasteiger partial charge on any atom is -0.395 e. The molecule has 1 aromatic heterocycles. The normalized spacial score (nSPS) is 19.5. The highest BCUT2D eigenvalue weighted by Gasteiger charge is 2.26. The minimum absolute atomic E-state index is 0.270. The van der Waals surface area contributed by atoms with Gasteiger partial charge in [-0.1, -0.05) is 19.1 Å². The van der Waals surface area contributed by atoms with E-state index in [1.807, 2.05) is 12.1 Å². The summed E-state index contributed by atoms with van der Waals surface area (Å²) in [5.41, 5.74) is 2.19. The molecule has 1 atom stereocenters. The van der Waals surface area contributed by atoms with Gasteiger partial charge in [-0.05, 0) is 44.5 Å². The van der Waals surface area contributed by atoms with Crippen LogP contribution in [0.5, 0.6) is 0 Å². The molecule has 4 nitrogen and oxygen atoms in total. The number of nitrogens with one attached hydrogen (secondary N) is 1. The van der Waals surface area contributed by atoms with E-state index in [-0.39, 0.29) is 6.61 Å². The SMILES string of the molecule is CCC(CO)N1CCC(c2nc3ccccc3[nH]2)CC1. The molecule has 1 aliphatic heterocycles. The molecule has 1 unspecified atom stereocenters. The Labute approximate surface area is 119 Å². The summed E-state index contributed by atoms with van der Waals surface area (Å²) in [6, 6.07) is 8.54. The molecule has 0 amide bonds. The molecule has 0 radical (unpaired) electrons. The van der Waals surface area contributed by atoms with E-state index >= 15 is 0 Å². The maximum atomic E-state index is 9.40. The number of nitrogens with zero attached hydrogens (tertiary/aromatic N) is 2. The van der Waals surface area contributed by atoms with E-state index in [9.17, 15) is 5.11 Å². The van der Waals surface area contributed by atoms with Crippen molar-refractivity contribution in [2.75, 3.05) is 19.7 Å². The van der Waals surface area contributed by atoms with Crippen LogP contribution < -0.4 is 0 Å². The second-order valence-corrected chi connectivity index (χ2v) is 5.69. The average Bonchev–Trinajstić information content (AvgIpc) is 2.93. The van der Waals surface area contributed by atoms with Crippen molar-refractivity contribution in [3.63, 3.8) is 0 Å². The maximum absolute atomic E-state index is 9.40. The van der Waals surface area contributed by atoms with E-state index in [0.29, 0.717) is 12.0 Å². The summed E-state index contributed by atoms with van der Waals surface area (Å²) in [7, 11) is 0. The van der Waals surface area contributed by atoms with Crippen LogP contribution in [0.3, 0.4) is 0 Å². The lowest BCUT2D eigenvalue weighted by atomic mass is 9.95. The van der Waals surface area contributed by atoms with E-state index in [1.54, 1.807) is 0 Å². The fourth-order valence-corrected chi connectivity index (χ4v) is 3.21. The number of H-pyrrole nitrogens is 1. The topological polar surface area (TPSA) is 52.1 Å². The summed E-state index contributed by atoms with van der Waals surface area (Å²) >= 11 is 0. The van der Waals surface area contributed by atoms with Crippen LogP contribution in [0, 0.1) is 0 Å². The van der Waals surface area contributed by atoms with Gasteiger partial charge in [0.15, 0.2) is 0 Å². The zero-order valence-corrected chi connectivity index (χ0v) is 12.0. The molecule has 0 aliphatic carbocycles. The van der Waals surface area contributed by atoms with Crippen molar-refractivity contribution in [2.45, 2.75) is 38.1 Å². The molecule has 4 heteroatoms. The molecule has 2 N–H and O–H groups in total. The van der Waals surface area contributed by atoms with Crippen molar-refractivity contribution < 1.29 is 5.11 Å². The Morgan fingerprint density at radius 1 is 1.35 bits per heavy atom. The van der Waals surface area contributed by atoms with Crippen LogP contribution in [0.1, 0.15) is 37.9 Å². The molecule has 3 rings (SSSR count). The fraction of sp³-hybridized carbons (Fsp3) is 0.562. The Kier molecular flexibility index (Phi) is 4.03. The Morgan fingerprint density at radius 2 is 2.10 bits per heavy atom. The number of imidazole rings is 1. The maximum Gasteiger partial charge on any atom is 0.110 e. The molecule has 2 aromatic rings. The second kappa shape index (κ2) is 5.94. The van der Waals surface area contributed by atoms with Gasteiger partial charge in [-0.3, -0.25) is 4.90 Å². The van der Waals surface area contributed by atoms with Crippen molar-refractivity contribution in [3.05, 3.63) is 30.1 Å². The van der Waals surface area contributed by atoms with E-state index in [4.69, 9.17) is 4.98 Å². The first kappa shape index (κ1) is 13.6. The van der Waals surface area contributed by atoms with Crippen LogP contribution >= 0.6 is 0 Å². The zero-order chi connectivity index (χ0) is 13.9. The minimum atomic E-state index is 0.270. The molecule has 2 heterocycles. The zero-order valence-electron chi connectivity index (χ0n) is 12.0. The number of aliphatic hydroxyl groups is 1. The highest BCUT2D eigenvalue weighted by atomic mass is 16.3. The molecule has 0 saturated carbocycles. The number of aliphatic hydroxyl groups excluding tert-OH is 1. The van der Waals surface area contributed by atoms with Crippen LogP contribution in [0.2, 0.25) is 0 Å². The standard InChI is InChI=1S/C16H23N3O/c1-2-13(11-20)19-9-7-12(8-10-19)16-17-14-5-3-4-6-15(14)18-16/h3-6,12-13,20H,2,7-11H2,1H3,(H,17,18). The van der Waals surface area contributed by atoms with Gasteiger partial charge in [0.1, 0.15) is 5.82 Å². The van der Waals surface area contributed by atoms with Gasteiger partial charge in [0.05, 0.1) is 17.6 Å². The van der Waals surface area contributed by atoms with E-state index in [2.05, 4.69) is 28.9 Å². The molecule has 0 bridgehead atoms. The largest absolute Gasteiger partial charge is 0.395 e. The lowest BCUT2D eigenvalue weighted by Crippen LogP contribution is -2.42. The number of aromatic nitrogens is 2. The van der Waals surface area contributed by atoms with Crippen molar-refractivity contribution in [3.8, 4) is 0 Å². The number of likely N-dealkylation sites (tertiary alicyclic amines) is 1. The third-order valence-electron chi connectivity index (χ3n) is 4.52. The first-order valence-corrected chi connectivity index (χ1v) is 7.61. The van der Waals surface area contributed by atoms with E-state index in [1.165, 1.54) is 0 Å². The van der Waals surface area contributed by atoms with Crippen molar-refractivity contribution >= 4 is 11.0 Å². The first-order valence-electron chi connectivity index (χ1n) is 7.61. The predicted molar refractivity (Wildman–Crippen MR) is 80.8 cm³/mol. The smallest absolute Gasteiger partial charge is 0.110 e. The predicted octanol–water partition coefficient (Wildman–Crippen LogP) is 2.51. The number of piperidine rings is 1. The lowest BCUT2D eigenvalue weighted by Gasteiger charge is -2.35. The fourth-order valence-electron chi connectivity index (χ4n) is 3.21. The van der Waals surface area contributed by atoms with Crippen LogP contribution in [0.4, 0.5) is 0 Å². The van der Waals surface area contributed by atoms with Gasteiger partial charge >= 0.3 is 0 Å². The van der Waals surface area contributed by atoms with Crippen LogP contribution in [0.25, 0.3) is 11.0 Å². The second-order valence-electron chi connectivity index (χ2n) is 5.69. The van der Waals surface area contributed by atoms with Gasteiger partial charge in [0, 0.05) is 12.0 Å². The van der Waals surface area contributed by atoms with Gasteiger partial charge < -0.3 is 10.1 Å². The number of hydrogen-bond acceptors (Lipinski definition) is 3. The molecule has 1 aliphatic rings. The number of fused-ring (bicyclic) bond motifs is 1. The van der Waals surface area contributed by atoms with Gasteiger partial charge in [-0.2, -0.15) is 0 Å². The summed E-state index contributed by atoms with van der Waals surface area (Å²) < 4.78 is 0. The quantitative estimate of drug-likeness (QED) is 0.900. The summed E-state index contributed by atoms with van der Waals surface area (Å²) in [6.45, 7) is 4.53. The number of rotatable bonds is 4.